The molecule has 0 aliphatic heterocycles. The third kappa shape index (κ3) is 6.77. The van der Waals surface area contributed by atoms with E-state index in [1.54, 1.807) is 0 Å². The minimum absolute atomic E-state index is 0.500. The Hall–Kier alpha value is -1.62. The van der Waals surface area contributed by atoms with Crippen LogP contribution in [-0.2, 0) is 0 Å². The maximum Gasteiger partial charge on any atom is 0.0991 e. The van der Waals surface area contributed by atoms with Crippen molar-refractivity contribution in [2.45, 2.75) is 6.92 Å². The van der Waals surface area contributed by atoms with Gasteiger partial charge in [-0.3, -0.25) is 4.39 Å². The monoisotopic (exact) mass is 179 g/mol. The Labute approximate surface area is 79.1 Å². The topological polar surface area (TPSA) is 23.8 Å². The first-order valence-electron chi connectivity index (χ1n) is 3.67. The molecule has 0 spiro atoms. The Morgan fingerprint density at radius 2 is 1.54 bits per heavy atom. The summed E-state index contributed by atoms with van der Waals surface area (Å²) in [5, 5.41) is 8.38. The van der Waals surface area contributed by atoms with Crippen molar-refractivity contribution in [1.29, 1.82) is 5.26 Å². The van der Waals surface area contributed by atoms with Gasteiger partial charge in [-0.25, -0.2) is 0 Å². The molecule has 0 saturated heterocycles. The Morgan fingerprint density at radius 3 is 1.85 bits per heavy atom. The standard InChI is InChI=1S/C8H7N.C2H4.CH3F/c1-7-2-4-8(6-9)5-3-7;2*1-2/h2-5H,1H3;1-2H2;1H3. The van der Waals surface area contributed by atoms with E-state index in [-0.39, 0.29) is 0 Å². The fourth-order valence-electron chi connectivity index (χ4n) is 0.628. The molecule has 0 bridgehead atoms. The van der Waals surface area contributed by atoms with E-state index in [4.69, 9.17) is 5.26 Å². The molecule has 0 aromatic heterocycles. The number of rotatable bonds is 0. The molecule has 1 aromatic carbocycles. The second kappa shape index (κ2) is 10.4. The lowest BCUT2D eigenvalue weighted by Crippen LogP contribution is -1.72. The van der Waals surface area contributed by atoms with Crippen LogP contribution in [0.4, 0.5) is 4.39 Å². The van der Waals surface area contributed by atoms with Gasteiger partial charge in [0.1, 0.15) is 0 Å². The number of hydrogen-bond acceptors (Lipinski definition) is 1. The molecule has 1 rings (SSSR count). The van der Waals surface area contributed by atoms with Crippen LogP contribution in [0.25, 0.3) is 0 Å². The lowest BCUT2D eigenvalue weighted by atomic mass is 10.2. The molecule has 0 radical (unpaired) electrons. The van der Waals surface area contributed by atoms with Crippen LogP contribution in [0.1, 0.15) is 11.1 Å². The molecule has 1 nitrogen and oxygen atoms in total. The summed E-state index contributed by atoms with van der Waals surface area (Å²) in [5.41, 5.74) is 1.91. The van der Waals surface area contributed by atoms with E-state index in [9.17, 15) is 4.39 Å². The summed E-state index contributed by atoms with van der Waals surface area (Å²) in [6.07, 6.45) is 0. The summed E-state index contributed by atoms with van der Waals surface area (Å²) in [4.78, 5) is 0. The van der Waals surface area contributed by atoms with Gasteiger partial charge in [0, 0.05) is 0 Å². The van der Waals surface area contributed by atoms with Gasteiger partial charge in [-0.15, -0.1) is 13.2 Å². The minimum Gasteiger partial charge on any atom is -0.255 e. The average molecular weight is 179 g/mol. The summed E-state index contributed by atoms with van der Waals surface area (Å²) < 4.78 is 9.50. The molecule has 0 amide bonds. The predicted octanol–water partition coefficient (Wildman–Crippen LogP) is 3.25. The summed E-state index contributed by atoms with van der Waals surface area (Å²) in [6, 6.07) is 9.54. The highest BCUT2D eigenvalue weighted by molar-refractivity contribution is 5.30. The number of alkyl halides is 1. The van der Waals surface area contributed by atoms with E-state index in [0.717, 1.165) is 5.56 Å². The van der Waals surface area contributed by atoms with Crippen LogP contribution in [-0.4, -0.2) is 7.18 Å². The summed E-state index contributed by atoms with van der Waals surface area (Å²) in [6.45, 7) is 8.00. The van der Waals surface area contributed by atoms with Crippen molar-refractivity contribution in [3.05, 3.63) is 48.6 Å². The minimum atomic E-state index is 0.500. The Kier molecular flexibility index (Phi) is 11.1. The molecule has 13 heavy (non-hydrogen) atoms. The molecular weight excluding hydrogens is 165 g/mol. The van der Waals surface area contributed by atoms with Gasteiger partial charge in [0.25, 0.3) is 0 Å². The van der Waals surface area contributed by atoms with Crippen LogP contribution in [0.15, 0.2) is 37.4 Å². The van der Waals surface area contributed by atoms with E-state index in [1.165, 1.54) is 5.56 Å². The van der Waals surface area contributed by atoms with Crippen molar-refractivity contribution in [2.75, 3.05) is 7.18 Å². The van der Waals surface area contributed by atoms with Crippen molar-refractivity contribution in [2.24, 2.45) is 0 Å². The van der Waals surface area contributed by atoms with E-state index < -0.39 is 0 Å². The lowest BCUT2D eigenvalue weighted by molar-refractivity contribution is 0.636. The highest BCUT2D eigenvalue weighted by atomic mass is 19.1. The van der Waals surface area contributed by atoms with Crippen LogP contribution in [0.3, 0.4) is 0 Å². The van der Waals surface area contributed by atoms with Gasteiger partial charge in [0.2, 0.25) is 0 Å². The number of benzene rings is 1. The SMILES string of the molecule is C=C.CF.Cc1ccc(C#N)cc1. The quantitative estimate of drug-likeness (QED) is 0.561. The fourth-order valence-corrected chi connectivity index (χ4v) is 0.628. The molecule has 0 N–H and O–H groups in total. The van der Waals surface area contributed by atoms with Gasteiger partial charge in [0.05, 0.1) is 18.8 Å². The van der Waals surface area contributed by atoms with Crippen LogP contribution >= 0.6 is 0 Å². The number of aryl methyl sites for hydroxylation is 1. The van der Waals surface area contributed by atoms with Crippen LogP contribution in [0.5, 0.6) is 0 Å². The van der Waals surface area contributed by atoms with Crippen molar-refractivity contribution >= 4 is 0 Å². The van der Waals surface area contributed by atoms with E-state index in [0.29, 0.717) is 7.18 Å². The van der Waals surface area contributed by atoms with Gasteiger partial charge in [-0.05, 0) is 19.1 Å². The number of nitriles is 1. The first-order valence-corrected chi connectivity index (χ1v) is 3.67. The maximum absolute atomic E-state index is 9.50. The molecule has 0 heterocycles. The molecule has 0 aliphatic carbocycles. The van der Waals surface area contributed by atoms with Crippen LogP contribution in [0.2, 0.25) is 0 Å². The third-order valence-electron chi connectivity index (χ3n) is 1.18. The summed E-state index contributed by atoms with van der Waals surface area (Å²) >= 11 is 0. The van der Waals surface area contributed by atoms with Crippen molar-refractivity contribution in [1.82, 2.24) is 0 Å². The largest absolute Gasteiger partial charge is 0.255 e. The zero-order valence-electron chi connectivity index (χ0n) is 8.05. The average Bonchev–Trinajstić information content (AvgIpc) is 2.25. The number of hydrogen-bond donors (Lipinski definition) is 0. The summed E-state index contributed by atoms with van der Waals surface area (Å²) in [7, 11) is 0.500. The smallest absolute Gasteiger partial charge is 0.0991 e. The van der Waals surface area contributed by atoms with Gasteiger partial charge >= 0.3 is 0 Å². The normalized spacial score (nSPS) is 6.62. The highest BCUT2D eigenvalue weighted by Crippen LogP contribution is 1.99. The molecule has 0 fully saturated rings. The molecule has 0 aliphatic rings. The van der Waals surface area contributed by atoms with Crippen molar-refractivity contribution in [3.8, 4) is 6.07 Å². The van der Waals surface area contributed by atoms with Crippen LogP contribution < -0.4 is 0 Å². The fraction of sp³-hybridized carbons (Fsp3) is 0.182. The Morgan fingerprint density at radius 1 is 1.15 bits per heavy atom. The highest BCUT2D eigenvalue weighted by Gasteiger charge is 1.84. The molecule has 0 atom stereocenters. The first-order chi connectivity index (χ1) is 6.33. The second-order valence-corrected chi connectivity index (χ2v) is 1.98. The van der Waals surface area contributed by atoms with E-state index in [2.05, 4.69) is 19.2 Å². The van der Waals surface area contributed by atoms with Gasteiger partial charge < -0.3 is 0 Å². The molecule has 1 aromatic rings. The van der Waals surface area contributed by atoms with Crippen LogP contribution in [0, 0.1) is 18.3 Å². The third-order valence-corrected chi connectivity index (χ3v) is 1.18. The Bertz CT molecular complexity index is 246. The van der Waals surface area contributed by atoms with Gasteiger partial charge in [-0.2, -0.15) is 5.26 Å². The van der Waals surface area contributed by atoms with E-state index >= 15 is 0 Å². The summed E-state index contributed by atoms with van der Waals surface area (Å²) in [5.74, 6) is 0. The molecule has 0 saturated carbocycles. The van der Waals surface area contributed by atoms with E-state index in [1.807, 2.05) is 31.2 Å². The second-order valence-electron chi connectivity index (χ2n) is 1.98. The number of nitrogens with zero attached hydrogens (tertiary/aromatic N) is 1. The van der Waals surface area contributed by atoms with Crippen molar-refractivity contribution in [3.63, 3.8) is 0 Å². The van der Waals surface area contributed by atoms with Crippen molar-refractivity contribution < 1.29 is 4.39 Å². The molecule has 0 unspecified atom stereocenters. The molecular formula is C11H14FN. The number of halogens is 1. The Balaban J connectivity index is 0. The predicted molar refractivity (Wildman–Crippen MR) is 54.2 cm³/mol. The molecule has 70 valence electrons. The van der Waals surface area contributed by atoms with Gasteiger partial charge in [-0.1, -0.05) is 17.7 Å². The molecule has 2 heteroatoms. The van der Waals surface area contributed by atoms with Gasteiger partial charge in [0.15, 0.2) is 0 Å². The zero-order valence-corrected chi connectivity index (χ0v) is 8.05. The zero-order chi connectivity index (χ0) is 10.7. The lowest BCUT2D eigenvalue weighted by Gasteiger charge is -1.88. The maximum atomic E-state index is 9.50. The first kappa shape index (κ1) is 13.9.